The molecule has 0 N–H and O–H groups in total. The van der Waals surface area contributed by atoms with Crippen LogP contribution in [-0.2, 0) is 4.74 Å². The van der Waals surface area contributed by atoms with Crippen LogP contribution < -0.4 is 0 Å². The number of hydrogen-bond donors (Lipinski definition) is 0. The van der Waals surface area contributed by atoms with Crippen molar-refractivity contribution in [1.29, 1.82) is 0 Å². The van der Waals surface area contributed by atoms with Crippen molar-refractivity contribution in [2.75, 3.05) is 13.2 Å². The van der Waals surface area contributed by atoms with Gasteiger partial charge in [0.05, 0.1) is 6.61 Å². The Bertz CT molecular complexity index is 169. The van der Waals surface area contributed by atoms with Crippen LogP contribution in [0.4, 0.5) is 0 Å². The number of alkyl halides is 3. The van der Waals surface area contributed by atoms with Crippen LogP contribution in [0.15, 0.2) is 0 Å². The molecule has 0 saturated carbocycles. The van der Waals surface area contributed by atoms with Crippen LogP contribution in [0.2, 0.25) is 0 Å². The van der Waals surface area contributed by atoms with Gasteiger partial charge >= 0.3 is 0 Å². The van der Waals surface area contributed by atoms with E-state index in [0.29, 0.717) is 6.61 Å². The van der Waals surface area contributed by atoms with Crippen molar-refractivity contribution in [1.82, 2.24) is 0 Å². The second-order valence-corrected chi connectivity index (χ2v) is 6.71. The fourth-order valence-corrected chi connectivity index (χ4v) is 2.23. The predicted molar refractivity (Wildman–Crippen MR) is 77.9 cm³/mol. The smallest absolute Gasteiger partial charge is 0.195 e. The third-order valence-electron chi connectivity index (χ3n) is 2.81. The van der Waals surface area contributed by atoms with Crippen LogP contribution in [0.3, 0.4) is 0 Å². The zero-order valence-corrected chi connectivity index (χ0v) is 13.0. The maximum absolute atomic E-state index is 5.84. The van der Waals surface area contributed by atoms with Gasteiger partial charge in [0.15, 0.2) is 3.79 Å². The summed E-state index contributed by atoms with van der Waals surface area (Å²) in [5.74, 6) is -0.0151. The highest BCUT2D eigenvalue weighted by Gasteiger charge is 2.30. The maximum atomic E-state index is 5.84. The first kappa shape index (κ1) is 17.8. The van der Waals surface area contributed by atoms with Crippen molar-refractivity contribution in [3.8, 4) is 0 Å². The summed E-state index contributed by atoms with van der Waals surface area (Å²) >= 11 is 17.5. The van der Waals surface area contributed by atoms with Crippen LogP contribution in [0.1, 0.15) is 51.9 Å². The number of rotatable bonds is 10. The molecule has 1 unspecified atom stereocenters. The van der Waals surface area contributed by atoms with Gasteiger partial charge in [-0.2, -0.15) is 0 Å². The van der Waals surface area contributed by atoms with E-state index >= 15 is 0 Å². The Morgan fingerprint density at radius 3 is 2.18 bits per heavy atom. The molecule has 0 bridgehead atoms. The largest absolute Gasteiger partial charge is 0.381 e. The lowest BCUT2D eigenvalue weighted by Gasteiger charge is -2.22. The SMILES string of the molecule is [CH2]CCCCCCCOCC(CC)C(Cl)(Cl)Cl. The molecule has 103 valence electrons. The Kier molecular flexibility index (Phi) is 11.2. The number of unbranched alkanes of at least 4 members (excludes halogenated alkanes) is 5. The predicted octanol–water partition coefficient (Wildman–Crippen LogP) is 5.57. The molecule has 1 radical (unpaired) electrons. The van der Waals surface area contributed by atoms with E-state index in [1.54, 1.807) is 0 Å². The molecule has 0 spiro atoms. The lowest BCUT2D eigenvalue weighted by atomic mass is 10.1. The van der Waals surface area contributed by atoms with Crippen molar-refractivity contribution in [3.05, 3.63) is 6.92 Å². The maximum Gasteiger partial charge on any atom is 0.195 e. The quantitative estimate of drug-likeness (QED) is 0.378. The summed E-state index contributed by atoms with van der Waals surface area (Å²) in [6.07, 6.45) is 7.93. The third-order valence-corrected chi connectivity index (χ3v) is 3.74. The second-order valence-electron chi connectivity index (χ2n) is 4.34. The number of halogens is 3. The highest BCUT2D eigenvalue weighted by Crippen LogP contribution is 2.36. The summed E-state index contributed by atoms with van der Waals surface area (Å²) in [5, 5.41) is 0. The van der Waals surface area contributed by atoms with Gasteiger partial charge in [-0.1, -0.05) is 80.8 Å². The lowest BCUT2D eigenvalue weighted by Crippen LogP contribution is -2.24. The Balaban J connectivity index is 3.38. The number of ether oxygens (including phenoxy) is 1. The van der Waals surface area contributed by atoms with E-state index in [2.05, 4.69) is 6.92 Å². The summed E-state index contributed by atoms with van der Waals surface area (Å²) in [4.78, 5) is 0. The Morgan fingerprint density at radius 1 is 1.06 bits per heavy atom. The molecule has 17 heavy (non-hydrogen) atoms. The van der Waals surface area contributed by atoms with Crippen LogP contribution in [0.5, 0.6) is 0 Å². The first-order valence-electron chi connectivity index (χ1n) is 6.46. The van der Waals surface area contributed by atoms with Gasteiger partial charge < -0.3 is 4.74 Å². The van der Waals surface area contributed by atoms with Gasteiger partial charge in [0, 0.05) is 12.5 Å². The van der Waals surface area contributed by atoms with Crippen molar-refractivity contribution in [2.45, 2.75) is 55.7 Å². The molecule has 4 heteroatoms. The van der Waals surface area contributed by atoms with Gasteiger partial charge in [0.25, 0.3) is 0 Å². The first-order valence-corrected chi connectivity index (χ1v) is 7.59. The van der Waals surface area contributed by atoms with E-state index in [-0.39, 0.29) is 5.92 Å². The normalized spacial score (nSPS) is 13.9. The summed E-state index contributed by atoms with van der Waals surface area (Å²) in [6, 6.07) is 0. The molecular weight excluding hydrogens is 279 g/mol. The van der Waals surface area contributed by atoms with Gasteiger partial charge in [0.1, 0.15) is 0 Å². The highest BCUT2D eigenvalue weighted by molar-refractivity contribution is 6.67. The van der Waals surface area contributed by atoms with E-state index < -0.39 is 3.79 Å². The molecule has 0 aliphatic carbocycles. The zero-order valence-electron chi connectivity index (χ0n) is 10.7. The summed E-state index contributed by atoms with van der Waals surface area (Å²) in [5.41, 5.74) is 0. The van der Waals surface area contributed by atoms with E-state index in [9.17, 15) is 0 Å². The summed E-state index contributed by atoms with van der Waals surface area (Å²) < 4.78 is 4.35. The summed E-state index contributed by atoms with van der Waals surface area (Å²) in [7, 11) is 0. The molecule has 0 aliphatic rings. The Morgan fingerprint density at radius 2 is 1.65 bits per heavy atom. The molecule has 1 atom stereocenters. The molecular formula is C13H24Cl3O. The zero-order chi connectivity index (χ0) is 13.1. The number of hydrogen-bond acceptors (Lipinski definition) is 1. The van der Waals surface area contributed by atoms with Gasteiger partial charge in [-0.25, -0.2) is 0 Å². The Hall–Kier alpha value is 0.830. The molecule has 0 rings (SSSR count). The minimum atomic E-state index is -1.21. The topological polar surface area (TPSA) is 9.23 Å². The molecule has 0 aromatic heterocycles. The standard InChI is InChI=1S/C13H24Cl3O/c1-3-5-6-7-8-9-10-17-11-12(4-2)13(14,15)16/h12H,1,3-11H2,2H3. The minimum Gasteiger partial charge on any atom is -0.381 e. The molecule has 0 aromatic carbocycles. The third kappa shape index (κ3) is 10.4. The van der Waals surface area contributed by atoms with Crippen molar-refractivity contribution < 1.29 is 4.74 Å². The molecule has 0 aliphatic heterocycles. The van der Waals surface area contributed by atoms with Crippen molar-refractivity contribution >= 4 is 34.8 Å². The van der Waals surface area contributed by atoms with Crippen molar-refractivity contribution in [3.63, 3.8) is 0 Å². The molecule has 1 nitrogen and oxygen atoms in total. The van der Waals surface area contributed by atoms with Crippen LogP contribution >= 0.6 is 34.8 Å². The average molecular weight is 303 g/mol. The minimum absolute atomic E-state index is 0.0151. The second kappa shape index (κ2) is 10.7. The van der Waals surface area contributed by atoms with Gasteiger partial charge in [-0.3, -0.25) is 0 Å². The van der Waals surface area contributed by atoms with Crippen LogP contribution in [-0.4, -0.2) is 17.0 Å². The average Bonchev–Trinajstić information content (AvgIpc) is 2.25. The fraction of sp³-hybridized carbons (Fsp3) is 0.923. The monoisotopic (exact) mass is 301 g/mol. The first-order chi connectivity index (χ1) is 8.02. The van der Waals surface area contributed by atoms with E-state index in [1.165, 1.54) is 25.7 Å². The molecule has 0 saturated heterocycles. The fourth-order valence-electron chi connectivity index (χ4n) is 1.58. The van der Waals surface area contributed by atoms with Gasteiger partial charge in [-0.05, 0) is 12.8 Å². The molecule has 0 fully saturated rings. The Labute approximate surface area is 121 Å². The van der Waals surface area contributed by atoms with E-state index in [1.807, 2.05) is 6.92 Å². The highest BCUT2D eigenvalue weighted by atomic mass is 35.6. The molecule has 0 heterocycles. The van der Waals surface area contributed by atoms with Crippen LogP contribution in [0.25, 0.3) is 0 Å². The summed E-state index contributed by atoms with van der Waals surface area (Å²) in [6.45, 7) is 7.13. The molecule has 0 aromatic rings. The lowest BCUT2D eigenvalue weighted by molar-refractivity contribution is 0.0956. The molecule has 0 amide bonds. The van der Waals surface area contributed by atoms with Crippen molar-refractivity contribution in [2.24, 2.45) is 5.92 Å². The van der Waals surface area contributed by atoms with E-state index in [4.69, 9.17) is 39.5 Å². The van der Waals surface area contributed by atoms with Gasteiger partial charge in [0.2, 0.25) is 0 Å². The van der Waals surface area contributed by atoms with Gasteiger partial charge in [-0.15, -0.1) is 0 Å². The van der Waals surface area contributed by atoms with E-state index in [0.717, 1.165) is 25.9 Å². The van der Waals surface area contributed by atoms with Crippen LogP contribution in [0, 0.1) is 12.8 Å².